The molecule has 1 aromatic carbocycles. The highest BCUT2D eigenvalue weighted by molar-refractivity contribution is 5.75. The fourth-order valence-electron chi connectivity index (χ4n) is 4.32. The van der Waals surface area contributed by atoms with Crippen molar-refractivity contribution in [3.63, 3.8) is 0 Å². The number of likely N-dealkylation sites (N-methyl/N-ethyl adjacent to an activating group) is 1. The Morgan fingerprint density at radius 2 is 1.77 bits per heavy atom. The van der Waals surface area contributed by atoms with Gasteiger partial charge < -0.3 is 15.1 Å². The molecule has 26 heavy (non-hydrogen) atoms. The zero-order valence-electron chi connectivity index (χ0n) is 15.9. The summed E-state index contributed by atoms with van der Waals surface area (Å²) in [5, 5.41) is 12.0. The summed E-state index contributed by atoms with van der Waals surface area (Å²) in [5.74, 6) is 0. The van der Waals surface area contributed by atoms with Crippen LogP contribution in [0.4, 0.5) is 11.4 Å². The molecular formula is C19H29N5O2. The van der Waals surface area contributed by atoms with Crippen molar-refractivity contribution >= 4 is 11.4 Å². The maximum atomic E-state index is 12.2. The highest BCUT2D eigenvalue weighted by Gasteiger charge is 2.37. The molecule has 0 unspecified atom stereocenters. The van der Waals surface area contributed by atoms with Gasteiger partial charge in [0.25, 0.3) is 10.9 Å². The highest BCUT2D eigenvalue weighted by Crippen LogP contribution is 2.34. The van der Waals surface area contributed by atoms with Gasteiger partial charge in [0.05, 0.1) is 6.07 Å². The van der Waals surface area contributed by atoms with E-state index in [0.717, 1.165) is 45.6 Å². The highest BCUT2D eigenvalue weighted by atomic mass is 16.2. The molecule has 2 aliphatic rings. The molecule has 1 saturated carbocycles. The van der Waals surface area contributed by atoms with Crippen molar-refractivity contribution in [1.29, 1.82) is 5.26 Å². The molecular weight excluding hydrogens is 330 g/mol. The minimum atomic E-state index is -0.376. The van der Waals surface area contributed by atoms with Gasteiger partial charge in [0.15, 0.2) is 0 Å². The van der Waals surface area contributed by atoms with E-state index in [1.807, 2.05) is 4.90 Å². The van der Waals surface area contributed by atoms with Crippen LogP contribution in [-0.2, 0) is 0 Å². The molecule has 0 radical (unpaired) electrons. The number of nitrogens with one attached hydrogen (secondary N) is 1. The summed E-state index contributed by atoms with van der Waals surface area (Å²) in [6, 6.07) is 2.17. The number of hydrogen-bond donors (Lipinski definition) is 1. The van der Waals surface area contributed by atoms with E-state index < -0.39 is 0 Å². The molecule has 7 heteroatoms. The zero-order chi connectivity index (χ0) is 18.7. The monoisotopic (exact) mass is 359 g/mol. The molecule has 0 aromatic heterocycles. The van der Waals surface area contributed by atoms with Crippen LogP contribution in [0, 0.1) is 11.3 Å². The number of anilines is 2. The minimum Gasteiger partial charge on any atom is -0.378 e. The van der Waals surface area contributed by atoms with Crippen molar-refractivity contribution < 1.29 is 0 Å². The lowest BCUT2D eigenvalue weighted by molar-refractivity contribution is 0.172. The molecule has 0 spiro atoms. The van der Waals surface area contributed by atoms with E-state index in [4.69, 9.17) is 5.26 Å². The van der Waals surface area contributed by atoms with Gasteiger partial charge >= 0.3 is 0 Å². The van der Waals surface area contributed by atoms with Crippen LogP contribution in [0.15, 0.2) is 9.59 Å². The molecule has 7 nitrogen and oxygen atoms in total. The van der Waals surface area contributed by atoms with Crippen molar-refractivity contribution in [2.45, 2.75) is 37.6 Å². The Kier molecular flexibility index (Phi) is 5.64. The van der Waals surface area contributed by atoms with Crippen molar-refractivity contribution in [2.75, 3.05) is 63.6 Å². The molecule has 0 amide bonds. The Morgan fingerprint density at radius 1 is 1.12 bits per heavy atom. The van der Waals surface area contributed by atoms with Crippen LogP contribution < -0.4 is 21.1 Å². The van der Waals surface area contributed by atoms with Gasteiger partial charge in [-0.25, -0.2) is 0 Å². The summed E-state index contributed by atoms with van der Waals surface area (Å²) in [4.78, 5) is 30.8. The van der Waals surface area contributed by atoms with Gasteiger partial charge in [-0.1, -0.05) is 12.8 Å². The lowest BCUT2D eigenvalue weighted by Gasteiger charge is -2.39. The summed E-state index contributed by atoms with van der Waals surface area (Å²) in [6.45, 7) is 4.57. The normalized spacial score (nSPS) is 20.6. The zero-order valence-corrected chi connectivity index (χ0v) is 15.9. The lowest BCUT2D eigenvalue weighted by Crippen LogP contribution is -2.53. The molecule has 1 N–H and O–H groups in total. The third-order valence-corrected chi connectivity index (χ3v) is 6.19. The van der Waals surface area contributed by atoms with Gasteiger partial charge in [0.1, 0.15) is 11.4 Å². The van der Waals surface area contributed by atoms with Crippen molar-refractivity contribution in [2.24, 2.45) is 0 Å². The van der Waals surface area contributed by atoms with Crippen molar-refractivity contribution in [3.05, 3.63) is 20.4 Å². The predicted octanol–water partition coefficient (Wildman–Crippen LogP) is 0.605. The van der Waals surface area contributed by atoms with Crippen LogP contribution in [0.1, 0.15) is 32.1 Å². The molecule has 142 valence electrons. The molecule has 1 aliphatic carbocycles. The van der Waals surface area contributed by atoms with Gasteiger partial charge in [-0.05, 0) is 26.9 Å². The first kappa shape index (κ1) is 18.9. The molecule has 0 bridgehead atoms. The van der Waals surface area contributed by atoms with Gasteiger partial charge in [-0.2, -0.15) is 5.26 Å². The first-order valence-corrected chi connectivity index (χ1v) is 9.57. The number of hydrogen-bond acceptors (Lipinski definition) is 7. The lowest BCUT2D eigenvalue weighted by atomic mass is 9.95. The number of nitriles is 1. The van der Waals surface area contributed by atoms with E-state index in [1.165, 1.54) is 12.8 Å². The summed E-state index contributed by atoms with van der Waals surface area (Å²) >= 11 is 0. The Balaban J connectivity index is 1.64. The quantitative estimate of drug-likeness (QED) is 0.714. The van der Waals surface area contributed by atoms with Crippen LogP contribution in [0.5, 0.6) is 0 Å². The first-order chi connectivity index (χ1) is 12.5. The number of nitrogens with zero attached hydrogens (tertiary/aromatic N) is 4. The second kappa shape index (κ2) is 7.77. The minimum absolute atomic E-state index is 0.0764. The molecule has 1 aromatic rings. The molecule has 1 saturated heterocycles. The average Bonchev–Trinajstić information content (AvgIpc) is 3.13. The Hall–Kier alpha value is -1.91. The molecule has 1 aliphatic heterocycles. The van der Waals surface area contributed by atoms with E-state index in [1.54, 1.807) is 0 Å². The summed E-state index contributed by atoms with van der Waals surface area (Å²) in [7, 11) is 4.19. The topological polar surface area (TPSA) is 79.7 Å². The van der Waals surface area contributed by atoms with Gasteiger partial charge in [-0.15, -0.1) is 0 Å². The number of piperazine rings is 1. The Bertz CT molecular complexity index is 730. The van der Waals surface area contributed by atoms with Crippen LogP contribution in [-0.4, -0.2) is 68.7 Å². The smallest absolute Gasteiger partial charge is 0.253 e. The summed E-state index contributed by atoms with van der Waals surface area (Å²) in [6.07, 6.45) is 5.19. The van der Waals surface area contributed by atoms with Gasteiger partial charge in [-0.3, -0.25) is 14.5 Å². The SMILES string of the molecule is CN(C)C1(CNc2c(N3CCN(CCC#N)CC3)c(=O)c2=O)CCCC1. The standard InChI is InChI=1S/C19H29N5O2/c1-22(2)19(6-3-4-7-19)14-21-15-16(18(26)17(15)25)24-12-10-23(11-13-24)9-5-8-20/h21H,3-7,9-14H2,1-2H3. The maximum Gasteiger partial charge on any atom is 0.253 e. The number of rotatable bonds is 7. The second-order valence-electron chi connectivity index (χ2n) is 7.80. The second-order valence-corrected chi connectivity index (χ2v) is 7.80. The average molecular weight is 359 g/mol. The van der Waals surface area contributed by atoms with Crippen molar-refractivity contribution in [3.8, 4) is 6.07 Å². The fraction of sp³-hybridized carbons (Fsp3) is 0.737. The molecule has 2 fully saturated rings. The summed E-state index contributed by atoms with van der Waals surface area (Å²) < 4.78 is 0. The van der Waals surface area contributed by atoms with Gasteiger partial charge in [0.2, 0.25) is 0 Å². The van der Waals surface area contributed by atoms with Crippen LogP contribution >= 0.6 is 0 Å². The van der Waals surface area contributed by atoms with E-state index in [0.29, 0.717) is 24.3 Å². The summed E-state index contributed by atoms with van der Waals surface area (Å²) in [5.41, 5.74) is 0.421. The van der Waals surface area contributed by atoms with E-state index in [-0.39, 0.29) is 16.4 Å². The van der Waals surface area contributed by atoms with Crippen LogP contribution in [0.25, 0.3) is 0 Å². The van der Waals surface area contributed by atoms with E-state index in [2.05, 4.69) is 35.3 Å². The van der Waals surface area contributed by atoms with E-state index in [9.17, 15) is 9.59 Å². The van der Waals surface area contributed by atoms with Gasteiger partial charge in [0, 0.05) is 51.2 Å². The van der Waals surface area contributed by atoms with Crippen molar-refractivity contribution in [1.82, 2.24) is 9.80 Å². The third-order valence-electron chi connectivity index (χ3n) is 6.19. The largest absolute Gasteiger partial charge is 0.378 e. The van der Waals surface area contributed by atoms with E-state index >= 15 is 0 Å². The van der Waals surface area contributed by atoms with Crippen LogP contribution in [0.2, 0.25) is 0 Å². The molecule has 0 atom stereocenters. The predicted molar refractivity (Wildman–Crippen MR) is 104 cm³/mol. The van der Waals surface area contributed by atoms with Crippen LogP contribution in [0.3, 0.4) is 0 Å². The molecule has 3 rings (SSSR count). The third kappa shape index (κ3) is 3.49. The Morgan fingerprint density at radius 3 is 2.35 bits per heavy atom. The molecule has 1 heterocycles. The first-order valence-electron chi connectivity index (χ1n) is 9.57. The Labute approximate surface area is 154 Å². The fourth-order valence-corrected chi connectivity index (χ4v) is 4.32. The maximum absolute atomic E-state index is 12.2.